The molecule has 0 saturated carbocycles. The van der Waals surface area contributed by atoms with Gasteiger partial charge in [0.05, 0.1) is 11.6 Å². The molecule has 27 heavy (non-hydrogen) atoms. The highest BCUT2D eigenvalue weighted by atomic mass is 19.1. The number of amides is 2. The summed E-state index contributed by atoms with van der Waals surface area (Å²) >= 11 is 0. The fourth-order valence-electron chi connectivity index (χ4n) is 2.94. The molecule has 0 radical (unpaired) electrons. The molecular formula is C20H19FN2O4. The Hall–Kier alpha value is -3.22. The average Bonchev–Trinajstić information content (AvgIpc) is 3.15. The molecule has 140 valence electrons. The van der Waals surface area contributed by atoms with Crippen molar-refractivity contribution in [2.75, 3.05) is 13.1 Å². The molecule has 1 aliphatic rings. The fraction of sp³-hybridized carbons (Fsp3) is 0.250. The van der Waals surface area contributed by atoms with Crippen molar-refractivity contribution in [2.45, 2.75) is 19.1 Å². The number of likely N-dealkylation sites (tertiary alicyclic amines) is 1. The van der Waals surface area contributed by atoms with Crippen LogP contribution in [0.4, 0.5) is 9.18 Å². The zero-order valence-electron chi connectivity index (χ0n) is 14.6. The minimum atomic E-state index is -0.677. The molecule has 7 heteroatoms. The predicted molar refractivity (Wildman–Crippen MR) is 95.9 cm³/mol. The molecule has 2 amide bonds. The molecule has 3 rings (SSSR count). The van der Waals surface area contributed by atoms with E-state index >= 15 is 0 Å². The topological polar surface area (TPSA) is 75.7 Å². The molecule has 6 nitrogen and oxygen atoms in total. The molecule has 2 aromatic carbocycles. The van der Waals surface area contributed by atoms with Crippen LogP contribution in [-0.4, -0.2) is 42.3 Å². The van der Waals surface area contributed by atoms with E-state index in [9.17, 15) is 18.8 Å². The summed E-state index contributed by atoms with van der Waals surface area (Å²) in [6.07, 6.45) is 0.543. The standard InChI is InChI=1S/C20H19FN2O4/c21-18-7-6-15(12-24)10-17(18)19(25)23-9-8-16(11-23)22-20(26)27-13-14-4-2-1-3-5-14/h1-7,10,12,16H,8-9,11,13H2,(H,22,26)/t16-/m0/s1. The Morgan fingerprint density at radius 2 is 2.00 bits per heavy atom. The van der Waals surface area contributed by atoms with E-state index in [1.54, 1.807) is 0 Å². The normalized spacial score (nSPS) is 16.0. The summed E-state index contributed by atoms with van der Waals surface area (Å²) in [4.78, 5) is 36.7. The highest BCUT2D eigenvalue weighted by Crippen LogP contribution is 2.17. The van der Waals surface area contributed by atoms with Gasteiger partial charge in [-0.1, -0.05) is 30.3 Å². The van der Waals surface area contributed by atoms with Crippen molar-refractivity contribution in [3.63, 3.8) is 0 Å². The second-order valence-electron chi connectivity index (χ2n) is 6.30. The monoisotopic (exact) mass is 370 g/mol. The van der Waals surface area contributed by atoms with Crippen LogP contribution >= 0.6 is 0 Å². The first-order valence-electron chi connectivity index (χ1n) is 8.58. The van der Waals surface area contributed by atoms with Crippen LogP contribution in [0.25, 0.3) is 0 Å². The van der Waals surface area contributed by atoms with Gasteiger partial charge in [0.15, 0.2) is 0 Å². The minimum absolute atomic E-state index is 0.146. The van der Waals surface area contributed by atoms with Gasteiger partial charge in [-0.05, 0) is 30.2 Å². The largest absolute Gasteiger partial charge is 0.445 e. The van der Waals surface area contributed by atoms with Gasteiger partial charge in [-0.2, -0.15) is 0 Å². The van der Waals surface area contributed by atoms with E-state index in [1.165, 1.54) is 17.0 Å². The van der Waals surface area contributed by atoms with Gasteiger partial charge < -0.3 is 15.0 Å². The molecule has 2 aromatic rings. The first-order valence-corrected chi connectivity index (χ1v) is 8.58. The third kappa shape index (κ3) is 4.69. The highest BCUT2D eigenvalue weighted by molar-refractivity contribution is 5.96. The number of benzene rings is 2. The molecule has 0 bridgehead atoms. The lowest BCUT2D eigenvalue weighted by atomic mass is 10.1. The van der Waals surface area contributed by atoms with Crippen molar-refractivity contribution in [3.05, 3.63) is 71.0 Å². The first kappa shape index (κ1) is 18.6. The predicted octanol–water partition coefficient (Wildman–Crippen LogP) is 2.78. The zero-order valence-corrected chi connectivity index (χ0v) is 14.6. The van der Waals surface area contributed by atoms with Gasteiger partial charge in [0, 0.05) is 18.7 Å². The SMILES string of the molecule is O=Cc1ccc(F)c(C(=O)N2CC[C@H](NC(=O)OCc3ccccc3)C2)c1. The molecule has 0 aromatic heterocycles. The van der Waals surface area contributed by atoms with Crippen LogP contribution in [-0.2, 0) is 11.3 Å². The lowest BCUT2D eigenvalue weighted by molar-refractivity contribution is 0.0782. The van der Waals surface area contributed by atoms with Gasteiger partial charge in [0.2, 0.25) is 0 Å². The van der Waals surface area contributed by atoms with Crippen molar-refractivity contribution in [1.29, 1.82) is 0 Å². The summed E-state index contributed by atoms with van der Waals surface area (Å²) in [7, 11) is 0. The lowest BCUT2D eigenvalue weighted by Gasteiger charge is -2.17. The van der Waals surface area contributed by atoms with Crippen LogP contribution in [0.2, 0.25) is 0 Å². The van der Waals surface area contributed by atoms with Crippen molar-refractivity contribution in [3.8, 4) is 0 Å². The van der Waals surface area contributed by atoms with E-state index in [1.807, 2.05) is 30.3 Å². The third-order valence-electron chi connectivity index (χ3n) is 4.37. The number of aldehydes is 1. The summed E-state index contributed by atoms with van der Waals surface area (Å²) in [5.41, 5.74) is 0.964. The van der Waals surface area contributed by atoms with Crippen molar-refractivity contribution in [1.82, 2.24) is 10.2 Å². The van der Waals surface area contributed by atoms with Crippen molar-refractivity contribution < 1.29 is 23.5 Å². The third-order valence-corrected chi connectivity index (χ3v) is 4.37. The maximum absolute atomic E-state index is 13.9. The van der Waals surface area contributed by atoms with Crippen molar-refractivity contribution >= 4 is 18.3 Å². The van der Waals surface area contributed by atoms with E-state index < -0.39 is 17.8 Å². The highest BCUT2D eigenvalue weighted by Gasteiger charge is 2.29. The van der Waals surface area contributed by atoms with Gasteiger partial charge in [-0.15, -0.1) is 0 Å². The number of halogens is 1. The van der Waals surface area contributed by atoms with Crippen LogP contribution in [0, 0.1) is 5.82 Å². The number of alkyl carbamates (subject to hydrolysis) is 1. The maximum atomic E-state index is 13.9. The van der Waals surface area contributed by atoms with E-state index in [0.717, 1.165) is 11.6 Å². The summed E-state index contributed by atoms with van der Waals surface area (Å²) in [5, 5.41) is 2.72. The number of nitrogens with zero attached hydrogens (tertiary/aromatic N) is 1. The van der Waals surface area contributed by atoms with Crippen LogP contribution in [0.1, 0.15) is 32.7 Å². The molecule has 1 N–H and O–H groups in total. The second kappa shape index (κ2) is 8.44. The van der Waals surface area contributed by atoms with Crippen LogP contribution in [0.15, 0.2) is 48.5 Å². The zero-order chi connectivity index (χ0) is 19.2. The molecular weight excluding hydrogens is 351 g/mol. The molecule has 1 heterocycles. The Labute approximate surface area is 155 Å². The van der Waals surface area contributed by atoms with Crippen LogP contribution in [0.3, 0.4) is 0 Å². The van der Waals surface area contributed by atoms with Gasteiger partial charge in [-0.25, -0.2) is 9.18 Å². The number of ether oxygens (including phenoxy) is 1. The molecule has 0 spiro atoms. The molecule has 0 unspecified atom stereocenters. The Bertz CT molecular complexity index is 841. The van der Waals surface area contributed by atoms with E-state index in [4.69, 9.17) is 4.74 Å². The number of hydrogen-bond acceptors (Lipinski definition) is 4. The summed E-state index contributed by atoms with van der Waals surface area (Å²) < 4.78 is 19.1. The van der Waals surface area contributed by atoms with Gasteiger partial charge in [0.1, 0.15) is 18.7 Å². The average molecular weight is 370 g/mol. The number of rotatable bonds is 5. The van der Waals surface area contributed by atoms with E-state index in [2.05, 4.69) is 5.32 Å². The molecule has 0 aliphatic carbocycles. The van der Waals surface area contributed by atoms with Gasteiger partial charge in [-0.3, -0.25) is 9.59 Å². The Morgan fingerprint density at radius 1 is 1.22 bits per heavy atom. The van der Waals surface area contributed by atoms with Crippen LogP contribution < -0.4 is 5.32 Å². The van der Waals surface area contributed by atoms with E-state index in [-0.39, 0.29) is 30.3 Å². The number of nitrogens with one attached hydrogen (secondary N) is 1. The van der Waals surface area contributed by atoms with Gasteiger partial charge >= 0.3 is 6.09 Å². The Balaban J connectivity index is 1.53. The van der Waals surface area contributed by atoms with Crippen LogP contribution in [0.5, 0.6) is 0 Å². The molecule has 1 fully saturated rings. The quantitative estimate of drug-likeness (QED) is 0.821. The van der Waals surface area contributed by atoms with Gasteiger partial charge in [0.25, 0.3) is 5.91 Å². The molecule has 1 atom stereocenters. The summed E-state index contributed by atoms with van der Waals surface area (Å²) in [5.74, 6) is -1.18. The lowest BCUT2D eigenvalue weighted by Crippen LogP contribution is -2.38. The fourth-order valence-corrected chi connectivity index (χ4v) is 2.94. The Kier molecular flexibility index (Phi) is 5.80. The maximum Gasteiger partial charge on any atom is 0.407 e. The molecule has 1 aliphatic heterocycles. The number of carbonyl (C=O) groups is 3. The summed E-state index contributed by atoms with van der Waals surface area (Å²) in [6, 6.07) is 12.7. The van der Waals surface area contributed by atoms with E-state index in [0.29, 0.717) is 19.3 Å². The molecule has 1 saturated heterocycles. The first-order chi connectivity index (χ1) is 13.1. The minimum Gasteiger partial charge on any atom is -0.445 e. The number of hydrogen-bond donors (Lipinski definition) is 1. The summed E-state index contributed by atoms with van der Waals surface area (Å²) in [6.45, 7) is 0.795. The second-order valence-corrected chi connectivity index (χ2v) is 6.30. The van der Waals surface area contributed by atoms with Crippen molar-refractivity contribution in [2.24, 2.45) is 0 Å². The Morgan fingerprint density at radius 3 is 2.74 bits per heavy atom. The number of carbonyl (C=O) groups excluding carboxylic acids is 3. The smallest absolute Gasteiger partial charge is 0.407 e.